The maximum Gasteiger partial charge on any atom is 0.266 e. The molecule has 0 saturated carbocycles. The first kappa shape index (κ1) is 26.4. The Balaban J connectivity index is 1.59. The summed E-state index contributed by atoms with van der Waals surface area (Å²) < 4.78 is 45.0. The Labute approximate surface area is 238 Å². The van der Waals surface area contributed by atoms with Crippen LogP contribution >= 0.6 is 39.1 Å². The molecule has 0 saturated heterocycles. The lowest BCUT2D eigenvalue weighted by Crippen LogP contribution is -2.30. The van der Waals surface area contributed by atoms with E-state index >= 15 is 0 Å². The van der Waals surface area contributed by atoms with Gasteiger partial charge in [0.25, 0.3) is 10.0 Å². The maximum atomic E-state index is 14.0. The molecule has 0 aliphatic rings. The van der Waals surface area contributed by atoms with Crippen LogP contribution in [0.3, 0.4) is 0 Å². The lowest BCUT2D eigenvalue weighted by molar-refractivity contribution is 0.391. The maximum absolute atomic E-state index is 14.0. The molecule has 0 fully saturated rings. The lowest BCUT2D eigenvalue weighted by Gasteiger charge is -2.23. The van der Waals surface area contributed by atoms with E-state index < -0.39 is 10.0 Å². The Kier molecular flexibility index (Phi) is 7.58. The van der Waals surface area contributed by atoms with E-state index in [1.165, 1.54) is 17.7 Å². The zero-order valence-electron chi connectivity index (χ0n) is 20.3. The first-order valence-corrected chi connectivity index (χ1v) is 14.7. The van der Waals surface area contributed by atoms with Crippen LogP contribution in [0.1, 0.15) is 5.56 Å². The van der Waals surface area contributed by atoms with Crippen molar-refractivity contribution in [3.8, 4) is 22.6 Å². The minimum Gasteiger partial charge on any atom is -0.497 e. The zero-order chi connectivity index (χ0) is 26.9. The van der Waals surface area contributed by atoms with Crippen molar-refractivity contribution in [2.45, 2.75) is 11.4 Å². The molecule has 1 aromatic heterocycles. The molecule has 194 valence electrons. The van der Waals surface area contributed by atoms with Crippen molar-refractivity contribution < 1.29 is 17.9 Å². The summed E-state index contributed by atoms with van der Waals surface area (Å²) in [6, 6.07) is 21.8. The van der Waals surface area contributed by atoms with E-state index in [1.54, 1.807) is 37.4 Å². The second-order valence-corrected chi connectivity index (χ2v) is 12.1. The van der Waals surface area contributed by atoms with E-state index in [0.717, 1.165) is 37.9 Å². The monoisotopic (exact) mass is 629 g/mol. The number of methoxy groups -OCH3 is 2. The van der Waals surface area contributed by atoms with Crippen LogP contribution in [-0.2, 0) is 16.6 Å². The van der Waals surface area contributed by atoms with Crippen molar-refractivity contribution in [1.82, 2.24) is 9.36 Å². The number of sulfonamides is 1. The van der Waals surface area contributed by atoms with Gasteiger partial charge in [0.2, 0.25) is 5.13 Å². The smallest absolute Gasteiger partial charge is 0.266 e. The molecular weight excluding hydrogens is 610 g/mol. The SMILES string of the molecule is COc1ccc(CN(c2ncns2)S(=O)(=O)c2ccc3c(-c4ccc(Cl)cc4Br)cccc3c2)c(OC)c1. The van der Waals surface area contributed by atoms with Gasteiger partial charge in [0.05, 0.1) is 25.7 Å². The number of nitrogens with zero attached hydrogens (tertiary/aromatic N) is 3. The molecule has 11 heteroatoms. The van der Waals surface area contributed by atoms with Crippen molar-refractivity contribution in [3.05, 3.63) is 94.2 Å². The number of benzene rings is 4. The Hall–Kier alpha value is -3.18. The second kappa shape index (κ2) is 10.9. The molecule has 0 amide bonds. The van der Waals surface area contributed by atoms with Crippen LogP contribution in [0.5, 0.6) is 11.5 Å². The summed E-state index contributed by atoms with van der Waals surface area (Å²) in [7, 11) is -0.929. The topological polar surface area (TPSA) is 81.6 Å². The van der Waals surface area contributed by atoms with Crippen molar-refractivity contribution in [2.75, 3.05) is 18.5 Å². The Morgan fingerprint density at radius 1 is 0.974 bits per heavy atom. The molecule has 0 atom stereocenters. The molecule has 7 nitrogen and oxygen atoms in total. The molecule has 38 heavy (non-hydrogen) atoms. The molecule has 0 N–H and O–H groups in total. The number of rotatable bonds is 8. The van der Waals surface area contributed by atoms with Gasteiger partial charge < -0.3 is 9.47 Å². The third-order valence-corrected chi connectivity index (χ3v) is 9.46. The first-order chi connectivity index (χ1) is 18.3. The van der Waals surface area contributed by atoms with Gasteiger partial charge >= 0.3 is 0 Å². The van der Waals surface area contributed by atoms with Gasteiger partial charge in [-0.25, -0.2) is 17.7 Å². The number of hydrogen-bond acceptors (Lipinski definition) is 7. The highest BCUT2D eigenvalue weighted by atomic mass is 79.9. The molecule has 5 aromatic rings. The van der Waals surface area contributed by atoms with Gasteiger partial charge in [-0.2, -0.15) is 4.37 Å². The minimum atomic E-state index is -4.02. The molecule has 1 heterocycles. The van der Waals surface area contributed by atoms with Crippen LogP contribution < -0.4 is 13.8 Å². The molecule has 5 rings (SSSR count). The van der Waals surface area contributed by atoms with Crippen molar-refractivity contribution >= 4 is 65.0 Å². The fourth-order valence-electron chi connectivity index (χ4n) is 4.16. The molecule has 0 unspecified atom stereocenters. The predicted molar refractivity (Wildman–Crippen MR) is 155 cm³/mol. The Bertz CT molecular complexity index is 1730. The summed E-state index contributed by atoms with van der Waals surface area (Å²) in [6.45, 7) is 0.000489. The quantitative estimate of drug-likeness (QED) is 0.181. The lowest BCUT2D eigenvalue weighted by atomic mass is 9.98. The Morgan fingerprint density at radius 3 is 2.53 bits per heavy atom. The normalized spacial score (nSPS) is 11.5. The van der Waals surface area contributed by atoms with Crippen LogP contribution in [0, 0.1) is 0 Å². The van der Waals surface area contributed by atoms with Gasteiger partial charge in [0.1, 0.15) is 17.8 Å². The average molecular weight is 631 g/mol. The molecule has 0 spiro atoms. The number of aromatic nitrogens is 2. The zero-order valence-corrected chi connectivity index (χ0v) is 24.2. The molecule has 0 aliphatic heterocycles. The molecule has 0 radical (unpaired) electrons. The van der Waals surface area contributed by atoms with Gasteiger partial charge in [-0.1, -0.05) is 57.9 Å². The van der Waals surface area contributed by atoms with E-state index in [1.807, 2.05) is 42.5 Å². The number of hydrogen-bond donors (Lipinski definition) is 0. The van der Waals surface area contributed by atoms with Gasteiger partial charge in [0.15, 0.2) is 0 Å². The fourth-order valence-corrected chi connectivity index (χ4v) is 7.22. The van der Waals surface area contributed by atoms with Crippen molar-refractivity contribution in [1.29, 1.82) is 0 Å². The van der Waals surface area contributed by atoms with Crippen LogP contribution in [-0.4, -0.2) is 32.0 Å². The number of ether oxygens (including phenoxy) is 2. The van der Waals surface area contributed by atoms with E-state index in [4.69, 9.17) is 21.1 Å². The molecule has 4 aromatic carbocycles. The summed E-state index contributed by atoms with van der Waals surface area (Å²) in [5, 5.41) is 2.57. The highest BCUT2D eigenvalue weighted by Crippen LogP contribution is 2.37. The largest absolute Gasteiger partial charge is 0.497 e. The summed E-state index contributed by atoms with van der Waals surface area (Å²) in [5.74, 6) is 1.11. The van der Waals surface area contributed by atoms with Crippen LogP contribution in [0.15, 0.2) is 88.5 Å². The third kappa shape index (κ3) is 5.09. The minimum absolute atomic E-state index is 0.000489. The predicted octanol–water partition coefficient (Wildman–Crippen LogP) is 7.19. The second-order valence-electron chi connectivity index (χ2n) is 8.23. The van der Waals surface area contributed by atoms with Gasteiger partial charge in [-0.05, 0) is 58.3 Å². The number of anilines is 1. The first-order valence-electron chi connectivity index (χ1n) is 11.3. The number of halogens is 2. The number of fused-ring (bicyclic) bond motifs is 1. The fraction of sp³-hybridized carbons (Fsp3) is 0.111. The van der Waals surface area contributed by atoms with E-state index in [0.29, 0.717) is 22.1 Å². The molecule has 0 bridgehead atoms. The van der Waals surface area contributed by atoms with Gasteiger partial charge in [-0.15, -0.1) is 0 Å². The highest BCUT2D eigenvalue weighted by molar-refractivity contribution is 9.10. The van der Waals surface area contributed by atoms with Gasteiger partial charge in [0, 0.05) is 32.7 Å². The van der Waals surface area contributed by atoms with Crippen molar-refractivity contribution in [3.63, 3.8) is 0 Å². The van der Waals surface area contributed by atoms with E-state index in [9.17, 15) is 8.42 Å². The van der Waals surface area contributed by atoms with Crippen LogP contribution in [0.2, 0.25) is 5.02 Å². The van der Waals surface area contributed by atoms with E-state index in [-0.39, 0.29) is 16.6 Å². The summed E-state index contributed by atoms with van der Waals surface area (Å²) in [4.78, 5) is 4.34. The Morgan fingerprint density at radius 2 is 1.82 bits per heavy atom. The van der Waals surface area contributed by atoms with Crippen LogP contribution in [0.25, 0.3) is 21.9 Å². The molecular formula is C27H21BrClN3O4S2. The summed E-state index contributed by atoms with van der Waals surface area (Å²) >= 11 is 10.7. The summed E-state index contributed by atoms with van der Waals surface area (Å²) in [6.07, 6.45) is 1.34. The van der Waals surface area contributed by atoms with Crippen LogP contribution in [0.4, 0.5) is 5.13 Å². The molecule has 0 aliphatic carbocycles. The van der Waals surface area contributed by atoms with Gasteiger partial charge in [-0.3, -0.25) is 0 Å². The standard InChI is InChI=1S/C27H21BrClN3O4S2/c1-35-20-8-6-18(26(14-20)36-2)15-32(27-30-16-31-37-27)38(33,34)21-9-11-22-17(12-21)4-3-5-23(22)24-10-7-19(29)13-25(24)28/h3-14,16H,15H2,1-2H3. The average Bonchev–Trinajstić information content (AvgIpc) is 3.45. The van der Waals surface area contributed by atoms with Crippen molar-refractivity contribution in [2.24, 2.45) is 0 Å². The van der Waals surface area contributed by atoms with E-state index in [2.05, 4.69) is 25.3 Å². The highest BCUT2D eigenvalue weighted by Gasteiger charge is 2.29. The third-order valence-electron chi connectivity index (χ3n) is 6.03. The summed E-state index contributed by atoms with van der Waals surface area (Å²) in [5.41, 5.74) is 2.57.